The zero-order valence-electron chi connectivity index (χ0n) is 15.9. The van der Waals surface area contributed by atoms with Crippen LogP contribution in [0.25, 0.3) is 0 Å². The Morgan fingerprint density at radius 2 is 1.70 bits per heavy atom. The average molecular weight is 366 g/mol. The van der Waals surface area contributed by atoms with Crippen molar-refractivity contribution in [1.29, 1.82) is 0 Å². The number of fused-ring (bicyclic) bond motifs is 1. The first kappa shape index (κ1) is 17.8. The molecule has 2 aliphatic rings. The van der Waals surface area contributed by atoms with Gasteiger partial charge in [-0.1, -0.05) is 18.9 Å². The maximum absolute atomic E-state index is 12.7. The van der Waals surface area contributed by atoms with Crippen molar-refractivity contribution in [1.82, 2.24) is 10.3 Å². The molecule has 0 saturated heterocycles. The highest BCUT2D eigenvalue weighted by atomic mass is 16.5. The first-order valence-corrected chi connectivity index (χ1v) is 9.65. The summed E-state index contributed by atoms with van der Waals surface area (Å²) in [6.45, 7) is 0. The van der Waals surface area contributed by atoms with Crippen molar-refractivity contribution in [3.05, 3.63) is 53.9 Å². The van der Waals surface area contributed by atoms with Crippen LogP contribution in [0.15, 0.2) is 42.7 Å². The van der Waals surface area contributed by atoms with Crippen LogP contribution in [0, 0.1) is 11.8 Å². The fourth-order valence-electron chi connectivity index (χ4n) is 4.92. The van der Waals surface area contributed by atoms with E-state index < -0.39 is 0 Å². The Balaban J connectivity index is 1.60. The summed E-state index contributed by atoms with van der Waals surface area (Å²) in [5.41, 5.74) is 1.88. The summed E-state index contributed by atoms with van der Waals surface area (Å²) in [6, 6.07) is 9.83. The largest absolute Gasteiger partial charge is 0.493 e. The molecule has 0 radical (unpaired) electrons. The van der Waals surface area contributed by atoms with E-state index >= 15 is 0 Å². The van der Waals surface area contributed by atoms with Crippen molar-refractivity contribution in [2.24, 2.45) is 11.8 Å². The van der Waals surface area contributed by atoms with E-state index in [0.29, 0.717) is 23.3 Å². The van der Waals surface area contributed by atoms with Crippen LogP contribution < -0.4 is 14.8 Å². The molecule has 0 spiro atoms. The van der Waals surface area contributed by atoms with E-state index in [0.717, 1.165) is 11.5 Å². The van der Waals surface area contributed by atoms with Crippen LogP contribution >= 0.6 is 0 Å². The highest BCUT2D eigenvalue weighted by Crippen LogP contribution is 2.55. The number of benzene rings is 1. The molecule has 0 aliphatic heterocycles. The van der Waals surface area contributed by atoms with E-state index in [4.69, 9.17) is 9.47 Å². The normalized spacial score (nSPS) is 26.4. The molecule has 4 atom stereocenters. The molecule has 1 N–H and O–H groups in total. The molecule has 0 bridgehead atoms. The summed E-state index contributed by atoms with van der Waals surface area (Å²) in [7, 11) is 3.31. The van der Waals surface area contributed by atoms with Crippen LogP contribution in [-0.2, 0) is 0 Å². The molecule has 2 aromatic rings. The van der Waals surface area contributed by atoms with Gasteiger partial charge in [-0.15, -0.1) is 0 Å². The first-order chi connectivity index (χ1) is 13.2. The summed E-state index contributed by atoms with van der Waals surface area (Å²) >= 11 is 0. The molecule has 0 unspecified atom stereocenters. The van der Waals surface area contributed by atoms with E-state index in [2.05, 4.69) is 22.4 Å². The van der Waals surface area contributed by atoms with Crippen LogP contribution in [0.2, 0.25) is 0 Å². The average Bonchev–Trinajstić information content (AvgIpc) is 2.72. The van der Waals surface area contributed by atoms with Crippen LogP contribution in [0.4, 0.5) is 0 Å². The summed E-state index contributed by atoms with van der Waals surface area (Å²) in [5, 5.41) is 3.31. The molecule has 2 aliphatic carbocycles. The minimum atomic E-state index is -0.0168. The smallest absolute Gasteiger partial charge is 0.251 e. The van der Waals surface area contributed by atoms with Crippen LogP contribution in [0.1, 0.15) is 47.5 Å². The highest BCUT2D eigenvalue weighted by molar-refractivity contribution is 5.94. The Morgan fingerprint density at radius 1 is 1.00 bits per heavy atom. The lowest BCUT2D eigenvalue weighted by Gasteiger charge is -2.55. The number of nitrogens with zero attached hydrogens (tertiary/aromatic N) is 1. The molecule has 5 heteroatoms. The molecular formula is C22H26N2O3. The summed E-state index contributed by atoms with van der Waals surface area (Å²) < 4.78 is 10.9. The second-order valence-electron chi connectivity index (χ2n) is 7.49. The van der Waals surface area contributed by atoms with Crippen molar-refractivity contribution < 1.29 is 14.3 Å². The molecule has 2 saturated carbocycles. The maximum Gasteiger partial charge on any atom is 0.251 e. The highest BCUT2D eigenvalue weighted by Gasteiger charge is 2.52. The summed E-state index contributed by atoms with van der Waals surface area (Å²) in [5.74, 6) is 2.96. The van der Waals surface area contributed by atoms with E-state index in [1.807, 2.05) is 6.07 Å². The van der Waals surface area contributed by atoms with E-state index in [9.17, 15) is 4.79 Å². The lowest BCUT2D eigenvalue weighted by Crippen LogP contribution is -2.59. The minimum Gasteiger partial charge on any atom is -0.493 e. The van der Waals surface area contributed by atoms with E-state index in [-0.39, 0.29) is 11.9 Å². The number of hydrogen-bond acceptors (Lipinski definition) is 4. The topological polar surface area (TPSA) is 60.5 Å². The molecule has 1 aromatic heterocycles. The predicted molar refractivity (Wildman–Crippen MR) is 103 cm³/mol. The van der Waals surface area contributed by atoms with Gasteiger partial charge in [0.2, 0.25) is 0 Å². The Labute approximate surface area is 160 Å². The molecule has 142 valence electrons. The number of aromatic nitrogens is 1. The zero-order chi connectivity index (χ0) is 18.8. The number of pyridine rings is 1. The molecule has 1 amide bonds. The zero-order valence-corrected chi connectivity index (χ0v) is 15.9. The Hall–Kier alpha value is -2.56. The van der Waals surface area contributed by atoms with Gasteiger partial charge in [-0.05, 0) is 54.5 Å². The lowest BCUT2D eigenvalue weighted by molar-refractivity contribution is 0.0251. The number of rotatable bonds is 5. The third kappa shape index (κ3) is 3.27. The van der Waals surface area contributed by atoms with Crippen molar-refractivity contribution in [3.63, 3.8) is 0 Å². The molecule has 2 fully saturated rings. The van der Waals surface area contributed by atoms with Gasteiger partial charge in [0.05, 0.1) is 14.2 Å². The standard InChI is InChI=1S/C22H26N2O3/c1-26-18-8-7-15(13-19(18)27-2)20-16-5-3-4-6-17(16)21(20)24-22(25)14-9-11-23-12-10-14/h7-13,16-17,20-21H,3-6H2,1-2H3,(H,24,25)/t16-,17-,20+,21+/m1/s1. The van der Waals surface area contributed by atoms with Gasteiger partial charge in [0.1, 0.15) is 0 Å². The van der Waals surface area contributed by atoms with Crippen molar-refractivity contribution in [3.8, 4) is 11.5 Å². The van der Waals surface area contributed by atoms with E-state index in [1.54, 1.807) is 38.7 Å². The first-order valence-electron chi connectivity index (χ1n) is 9.65. The molecular weight excluding hydrogens is 340 g/mol. The van der Waals surface area contributed by atoms with E-state index in [1.165, 1.54) is 31.2 Å². The molecule has 5 nitrogen and oxygen atoms in total. The second kappa shape index (κ2) is 7.59. The SMILES string of the molecule is COc1ccc([C@H]2[C@@H]3CCCC[C@H]3[C@@H]2NC(=O)c2ccncc2)cc1OC. The van der Waals surface area contributed by atoms with Gasteiger partial charge >= 0.3 is 0 Å². The molecule has 4 rings (SSSR count). The quantitative estimate of drug-likeness (QED) is 0.874. The number of ether oxygens (including phenoxy) is 2. The van der Waals surface area contributed by atoms with Gasteiger partial charge in [-0.25, -0.2) is 0 Å². The van der Waals surface area contributed by atoms with Gasteiger partial charge in [0.25, 0.3) is 5.91 Å². The number of carbonyl (C=O) groups is 1. The van der Waals surface area contributed by atoms with Gasteiger partial charge in [-0.3, -0.25) is 9.78 Å². The van der Waals surface area contributed by atoms with Crippen molar-refractivity contribution >= 4 is 5.91 Å². The van der Waals surface area contributed by atoms with Crippen LogP contribution in [0.3, 0.4) is 0 Å². The maximum atomic E-state index is 12.7. The second-order valence-corrected chi connectivity index (χ2v) is 7.49. The number of methoxy groups -OCH3 is 2. The third-order valence-corrected chi connectivity index (χ3v) is 6.22. The van der Waals surface area contributed by atoms with Gasteiger partial charge < -0.3 is 14.8 Å². The predicted octanol–water partition coefficient (Wildman–Crippen LogP) is 3.80. The van der Waals surface area contributed by atoms with Crippen molar-refractivity contribution in [2.75, 3.05) is 14.2 Å². The van der Waals surface area contributed by atoms with Gasteiger partial charge in [0.15, 0.2) is 11.5 Å². The fourth-order valence-corrected chi connectivity index (χ4v) is 4.92. The number of nitrogens with one attached hydrogen (secondary N) is 1. The van der Waals surface area contributed by atoms with Gasteiger partial charge in [0, 0.05) is 29.9 Å². The lowest BCUT2D eigenvalue weighted by atomic mass is 9.53. The Morgan fingerprint density at radius 3 is 2.41 bits per heavy atom. The Bertz CT molecular complexity index is 808. The number of amides is 1. The Kier molecular flexibility index (Phi) is 5.01. The minimum absolute atomic E-state index is 0.0168. The molecule has 27 heavy (non-hydrogen) atoms. The summed E-state index contributed by atoms with van der Waals surface area (Å²) in [6.07, 6.45) is 8.26. The van der Waals surface area contributed by atoms with Gasteiger partial charge in [-0.2, -0.15) is 0 Å². The number of carbonyl (C=O) groups excluding carboxylic acids is 1. The van der Waals surface area contributed by atoms with Crippen molar-refractivity contribution in [2.45, 2.75) is 37.6 Å². The number of hydrogen-bond donors (Lipinski definition) is 1. The third-order valence-electron chi connectivity index (χ3n) is 6.22. The molecule has 1 heterocycles. The van der Waals surface area contributed by atoms with Crippen LogP contribution in [0.5, 0.6) is 11.5 Å². The monoisotopic (exact) mass is 366 g/mol. The summed E-state index contributed by atoms with van der Waals surface area (Å²) in [4.78, 5) is 16.7. The molecule has 1 aromatic carbocycles. The fraction of sp³-hybridized carbons (Fsp3) is 0.455. The van der Waals surface area contributed by atoms with Crippen LogP contribution in [-0.4, -0.2) is 31.2 Å².